The van der Waals surface area contributed by atoms with E-state index in [1.54, 1.807) is 43.3 Å². The maximum Gasteiger partial charge on any atom is 0.302 e. The lowest BCUT2D eigenvalue weighted by molar-refractivity contribution is -0.139. The second kappa shape index (κ2) is 6.41. The molecular formula is C20H16N4O4. The topological polar surface area (TPSA) is 119 Å². The second-order valence-corrected chi connectivity index (χ2v) is 6.57. The predicted octanol–water partition coefficient (Wildman–Crippen LogP) is 1.99. The van der Waals surface area contributed by atoms with Crippen LogP contribution in [0.2, 0.25) is 0 Å². The molecule has 0 bridgehead atoms. The van der Waals surface area contributed by atoms with E-state index in [9.17, 15) is 14.4 Å². The van der Waals surface area contributed by atoms with Crippen LogP contribution < -0.4 is 10.7 Å². The van der Waals surface area contributed by atoms with Gasteiger partial charge in [0.1, 0.15) is 11.2 Å². The third-order valence-corrected chi connectivity index (χ3v) is 4.67. The van der Waals surface area contributed by atoms with Gasteiger partial charge < -0.3 is 10.3 Å². The molecule has 1 aromatic heterocycles. The molecule has 0 aliphatic carbocycles. The van der Waals surface area contributed by atoms with Crippen LogP contribution in [0.4, 0.5) is 5.69 Å². The van der Waals surface area contributed by atoms with Gasteiger partial charge in [-0.15, -0.1) is 0 Å². The van der Waals surface area contributed by atoms with Crippen molar-refractivity contribution in [1.82, 2.24) is 4.98 Å². The summed E-state index contributed by atoms with van der Waals surface area (Å²) in [5.74, 6) is 1.35. The van der Waals surface area contributed by atoms with Crippen molar-refractivity contribution in [2.24, 2.45) is 10.9 Å². The number of oxazole rings is 1. The summed E-state index contributed by atoms with van der Waals surface area (Å²) in [5, 5.41) is 3.52. The van der Waals surface area contributed by atoms with E-state index in [1.165, 1.54) is 0 Å². The van der Waals surface area contributed by atoms with Crippen molar-refractivity contribution < 1.29 is 18.8 Å². The maximum absolute atomic E-state index is 13.0. The van der Waals surface area contributed by atoms with Gasteiger partial charge in [0.05, 0.1) is 5.69 Å². The van der Waals surface area contributed by atoms with Crippen LogP contribution in [-0.2, 0) is 14.4 Å². The number of hydrogen-bond donors (Lipinski definition) is 1. The first kappa shape index (κ1) is 17.6. The van der Waals surface area contributed by atoms with E-state index in [-0.39, 0.29) is 11.6 Å². The Labute approximate surface area is 159 Å². The Balaban J connectivity index is 1.83. The average molecular weight is 376 g/mol. The minimum atomic E-state index is -1.38. The highest BCUT2D eigenvalue weighted by Crippen LogP contribution is 2.31. The number of nitrogens with zero attached hydrogens (tertiary/aromatic N) is 3. The van der Waals surface area contributed by atoms with Gasteiger partial charge in [0.25, 0.3) is 5.91 Å². The van der Waals surface area contributed by atoms with Gasteiger partial charge in [-0.1, -0.05) is 24.3 Å². The maximum atomic E-state index is 13.0. The Morgan fingerprint density at radius 1 is 1.07 bits per heavy atom. The largest absolute Gasteiger partial charge is 0.439 e. The average Bonchev–Trinajstić information content (AvgIpc) is 3.10. The highest BCUT2D eigenvalue weighted by molar-refractivity contribution is 6.67. The highest BCUT2D eigenvalue weighted by atomic mass is 16.3. The number of piperidine rings is 1. The van der Waals surface area contributed by atoms with Crippen molar-refractivity contribution in [2.45, 2.75) is 19.8 Å². The molecule has 8 nitrogen and oxygen atoms in total. The fourth-order valence-electron chi connectivity index (χ4n) is 3.24. The summed E-state index contributed by atoms with van der Waals surface area (Å²) in [6.45, 7) is 3.56. The van der Waals surface area contributed by atoms with Gasteiger partial charge in [-0.2, -0.15) is 5.10 Å². The molecule has 2 heterocycles. The molecule has 0 unspecified atom stereocenters. The molecule has 1 fully saturated rings. The molecule has 0 spiro atoms. The number of Topliss-reactive ketones (excluding diaryl/α,β-unsaturated/α-hetero) is 1. The summed E-state index contributed by atoms with van der Waals surface area (Å²) >= 11 is 0. The Morgan fingerprint density at radius 3 is 2.54 bits per heavy atom. The molecule has 1 aliphatic rings. The summed E-state index contributed by atoms with van der Waals surface area (Å²) < 4.78 is 5.60. The van der Waals surface area contributed by atoms with E-state index < -0.39 is 23.5 Å². The van der Waals surface area contributed by atoms with Crippen molar-refractivity contribution in [2.75, 3.05) is 4.90 Å². The molecule has 4 rings (SSSR count). The molecule has 2 aromatic carbocycles. The van der Waals surface area contributed by atoms with E-state index in [4.69, 9.17) is 10.3 Å². The monoisotopic (exact) mass is 376 g/mol. The number of nitrogens with two attached hydrogens (primary N) is 1. The van der Waals surface area contributed by atoms with E-state index >= 15 is 0 Å². The van der Waals surface area contributed by atoms with E-state index in [0.29, 0.717) is 22.4 Å². The molecule has 140 valence electrons. The van der Waals surface area contributed by atoms with Gasteiger partial charge >= 0.3 is 5.91 Å². The molecule has 2 amide bonds. The lowest BCUT2D eigenvalue weighted by Crippen LogP contribution is -2.55. The number of carbonyl (C=O) groups is 3. The lowest BCUT2D eigenvalue weighted by Gasteiger charge is -2.29. The quantitative estimate of drug-likeness (QED) is 0.316. The Bertz CT molecular complexity index is 1140. The zero-order chi connectivity index (χ0) is 20.0. The van der Waals surface area contributed by atoms with Crippen molar-refractivity contribution in [3.05, 3.63) is 59.5 Å². The van der Waals surface area contributed by atoms with Gasteiger partial charge in [0, 0.05) is 0 Å². The fourth-order valence-corrected chi connectivity index (χ4v) is 3.24. The van der Waals surface area contributed by atoms with Crippen LogP contribution in [0.1, 0.15) is 22.9 Å². The first-order valence-corrected chi connectivity index (χ1v) is 8.55. The van der Waals surface area contributed by atoms with Crippen molar-refractivity contribution in [1.29, 1.82) is 0 Å². The minimum absolute atomic E-state index is 0.0854. The second-order valence-electron chi connectivity index (χ2n) is 6.57. The normalized spacial score (nSPS) is 19.1. The van der Waals surface area contributed by atoms with Gasteiger partial charge in [-0.25, -0.2) is 9.88 Å². The van der Waals surface area contributed by atoms with Crippen molar-refractivity contribution in [3.8, 4) is 0 Å². The highest BCUT2D eigenvalue weighted by Gasteiger charge is 2.49. The fraction of sp³-hybridized carbons (Fsp3) is 0.150. The number of carbonyl (C=O) groups excluding carboxylic acids is 3. The van der Waals surface area contributed by atoms with Crippen LogP contribution in [0.3, 0.4) is 0 Å². The van der Waals surface area contributed by atoms with Gasteiger partial charge in [-0.3, -0.25) is 14.4 Å². The molecular weight excluding hydrogens is 360 g/mol. The molecule has 2 N–H and O–H groups in total. The summed E-state index contributed by atoms with van der Waals surface area (Å²) in [5.41, 5.74) is 2.45. The number of ketones is 1. The Hall–Kier alpha value is -3.81. The van der Waals surface area contributed by atoms with Crippen LogP contribution in [-0.4, -0.2) is 28.3 Å². The first-order chi connectivity index (χ1) is 13.4. The third-order valence-electron chi connectivity index (χ3n) is 4.67. The molecule has 3 aromatic rings. The molecule has 28 heavy (non-hydrogen) atoms. The number of aryl methyl sites for hydroxylation is 2. The van der Waals surface area contributed by atoms with Gasteiger partial charge in [-0.05, 0) is 43.2 Å². The van der Waals surface area contributed by atoms with Gasteiger partial charge in [0.2, 0.25) is 11.7 Å². The SMILES string of the molecule is Cc1ccc(C)c(N2C(=O)C(=O)[C@@H](c3nc4ccccc4o3)/C(=N/N)C2=O)c1. The summed E-state index contributed by atoms with van der Waals surface area (Å²) in [4.78, 5) is 43.9. The van der Waals surface area contributed by atoms with Crippen LogP contribution in [0.5, 0.6) is 0 Å². The zero-order valence-corrected chi connectivity index (χ0v) is 15.2. The van der Waals surface area contributed by atoms with Crippen LogP contribution in [0.15, 0.2) is 52.0 Å². The number of imide groups is 1. The molecule has 0 saturated carbocycles. The third kappa shape index (κ3) is 2.58. The van der Waals surface area contributed by atoms with Gasteiger partial charge in [0.15, 0.2) is 11.5 Å². The minimum Gasteiger partial charge on any atom is -0.439 e. The molecule has 1 saturated heterocycles. The summed E-state index contributed by atoms with van der Waals surface area (Å²) in [7, 11) is 0. The van der Waals surface area contributed by atoms with Crippen LogP contribution >= 0.6 is 0 Å². The number of amides is 2. The summed E-state index contributed by atoms with van der Waals surface area (Å²) in [6.07, 6.45) is 0. The number of rotatable bonds is 2. The number of anilines is 1. The standard InChI is InChI=1S/C20H16N4O4/c1-10-7-8-11(2)13(9-10)24-19(26)16(23-21)15(17(25)20(24)27)18-22-12-5-3-4-6-14(12)28-18/h3-9,15H,21H2,1-2H3/b23-16-/t15-/m0/s1. The van der Waals surface area contributed by atoms with Crippen molar-refractivity contribution >= 4 is 40.1 Å². The van der Waals surface area contributed by atoms with Crippen LogP contribution in [0.25, 0.3) is 11.1 Å². The van der Waals surface area contributed by atoms with E-state index in [1.807, 2.05) is 13.0 Å². The van der Waals surface area contributed by atoms with E-state index in [0.717, 1.165) is 10.5 Å². The number of para-hydroxylation sites is 2. The lowest BCUT2D eigenvalue weighted by atomic mass is 9.91. The number of hydrogen-bond acceptors (Lipinski definition) is 7. The number of benzene rings is 2. The first-order valence-electron chi connectivity index (χ1n) is 8.55. The number of fused-ring (bicyclic) bond motifs is 1. The Kier molecular flexibility index (Phi) is 4.03. The smallest absolute Gasteiger partial charge is 0.302 e. The predicted molar refractivity (Wildman–Crippen MR) is 102 cm³/mol. The molecule has 0 radical (unpaired) electrons. The molecule has 1 atom stereocenters. The zero-order valence-electron chi connectivity index (χ0n) is 15.2. The molecule has 1 aliphatic heterocycles. The molecule has 8 heteroatoms. The number of hydrazone groups is 1. The Morgan fingerprint density at radius 2 is 1.82 bits per heavy atom. The van der Waals surface area contributed by atoms with Crippen LogP contribution in [0, 0.1) is 13.8 Å². The van der Waals surface area contributed by atoms with E-state index in [2.05, 4.69) is 10.1 Å². The van der Waals surface area contributed by atoms with Crippen molar-refractivity contribution in [3.63, 3.8) is 0 Å². The summed E-state index contributed by atoms with van der Waals surface area (Å²) in [6, 6.07) is 12.1. The number of aromatic nitrogens is 1.